The molecular weight excluding hydrogens is 752 g/mol. The molecule has 2 aliphatic carbocycles. The average Bonchev–Trinajstić information content (AvgIpc) is 3.50. The van der Waals surface area contributed by atoms with Crippen LogP contribution in [0.2, 0.25) is 10.0 Å². The molecular formula is C38H35Cl2F3N4O7. The molecule has 2 N–H and O–H groups in total. The number of pyridine rings is 1. The van der Waals surface area contributed by atoms with Crippen molar-refractivity contribution in [3.8, 4) is 17.2 Å². The number of imide groups is 2. The number of aromatic hydroxyl groups is 1. The standard InChI is InChI=1S/C38H35Cl2F3N4O7/c1-36(2,3)46-32(49)22-11-10-21-23(28(22)34(46)51)15-24-33(50)47(45-31-25(40)14-19(16-44-31)38(41,42)43)35(52)37(24,18-6-8-20(39)9-7-18)29(21)17-12-26(53-4)30(48)27(13-17)54-5/h6-10,12-14,16,22-24,28-29,48H,11,15H2,1-5H3,(H,44,45). The number of hydrogen-bond donors (Lipinski definition) is 2. The van der Waals surface area contributed by atoms with Gasteiger partial charge in [0.05, 0.1) is 48.0 Å². The lowest BCUT2D eigenvalue weighted by Crippen LogP contribution is -2.53. The van der Waals surface area contributed by atoms with Crippen LogP contribution in [0.4, 0.5) is 19.0 Å². The van der Waals surface area contributed by atoms with Gasteiger partial charge in [0, 0.05) is 22.7 Å². The lowest BCUT2D eigenvalue weighted by molar-refractivity contribution is -0.146. The number of nitrogens with one attached hydrogen (secondary N) is 1. The second-order valence-corrected chi connectivity index (χ2v) is 15.7. The van der Waals surface area contributed by atoms with E-state index in [9.17, 15) is 32.7 Å². The summed E-state index contributed by atoms with van der Waals surface area (Å²) in [4.78, 5) is 63.4. The molecule has 1 saturated carbocycles. The molecule has 284 valence electrons. The fraction of sp³-hybridized carbons (Fsp3) is 0.395. The van der Waals surface area contributed by atoms with Crippen molar-refractivity contribution < 1.29 is 46.9 Å². The van der Waals surface area contributed by atoms with Gasteiger partial charge in [0.2, 0.25) is 17.6 Å². The number of hydrazine groups is 1. The van der Waals surface area contributed by atoms with E-state index in [0.29, 0.717) is 39.0 Å². The zero-order chi connectivity index (χ0) is 39.2. The number of halogens is 5. The molecule has 6 unspecified atom stereocenters. The van der Waals surface area contributed by atoms with E-state index in [0.717, 1.165) is 0 Å². The largest absolute Gasteiger partial charge is 0.502 e. The highest BCUT2D eigenvalue weighted by atomic mass is 35.5. The Hall–Kier alpha value is -4.82. The van der Waals surface area contributed by atoms with Crippen LogP contribution >= 0.6 is 23.2 Å². The molecule has 3 aromatic rings. The van der Waals surface area contributed by atoms with Gasteiger partial charge < -0.3 is 14.6 Å². The van der Waals surface area contributed by atoms with Crippen molar-refractivity contribution in [3.63, 3.8) is 0 Å². The van der Waals surface area contributed by atoms with E-state index in [4.69, 9.17) is 32.7 Å². The van der Waals surface area contributed by atoms with Crippen LogP contribution in [0.3, 0.4) is 0 Å². The van der Waals surface area contributed by atoms with Crippen molar-refractivity contribution >= 4 is 52.6 Å². The van der Waals surface area contributed by atoms with Gasteiger partial charge in [0.1, 0.15) is 0 Å². The van der Waals surface area contributed by atoms with Gasteiger partial charge in [0.25, 0.3) is 11.8 Å². The number of rotatable bonds is 6. The minimum atomic E-state index is -4.76. The van der Waals surface area contributed by atoms with Gasteiger partial charge in [-0.15, -0.1) is 0 Å². The van der Waals surface area contributed by atoms with Crippen molar-refractivity contribution in [2.45, 2.75) is 56.7 Å². The van der Waals surface area contributed by atoms with Crippen LogP contribution in [-0.2, 0) is 30.8 Å². The van der Waals surface area contributed by atoms with Gasteiger partial charge in [-0.05, 0) is 81.0 Å². The molecule has 2 aliphatic heterocycles. The van der Waals surface area contributed by atoms with Gasteiger partial charge in [-0.25, -0.2) is 4.98 Å². The number of phenolic OH excluding ortho intramolecular Hbond substituents is 1. The summed E-state index contributed by atoms with van der Waals surface area (Å²) in [5.74, 6) is -7.50. The third-order valence-electron chi connectivity index (χ3n) is 11.1. The fourth-order valence-electron chi connectivity index (χ4n) is 8.90. The van der Waals surface area contributed by atoms with E-state index < -0.39 is 69.1 Å². The maximum Gasteiger partial charge on any atom is 0.417 e. The van der Waals surface area contributed by atoms with E-state index in [2.05, 4.69) is 10.4 Å². The second-order valence-electron chi connectivity index (χ2n) is 14.9. The molecule has 0 radical (unpaired) electrons. The van der Waals surface area contributed by atoms with Gasteiger partial charge >= 0.3 is 6.18 Å². The Bertz CT molecular complexity index is 2110. The van der Waals surface area contributed by atoms with E-state index in [1.54, 1.807) is 45.0 Å². The summed E-state index contributed by atoms with van der Waals surface area (Å²) < 4.78 is 51.5. The topological polar surface area (TPSA) is 138 Å². The number of phenols is 1. The zero-order valence-electron chi connectivity index (χ0n) is 29.6. The Kier molecular flexibility index (Phi) is 8.96. The molecule has 3 heterocycles. The van der Waals surface area contributed by atoms with Gasteiger partial charge in [-0.3, -0.25) is 29.5 Å². The molecule has 54 heavy (non-hydrogen) atoms. The molecule has 2 aromatic carbocycles. The smallest absolute Gasteiger partial charge is 0.417 e. The Morgan fingerprint density at radius 1 is 0.926 bits per heavy atom. The predicted octanol–water partition coefficient (Wildman–Crippen LogP) is 6.91. The van der Waals surface area contributed by atoms with E-state index in [-0.39, 0.29) is 47.7 Å². The van der Waals surface area contributed by atoms with Gasteiger partial charge in [0.15, 0.2) is 17.3 Å². The van der Waals surface area contributed by atoms with Crippen molar-refractivity contribution in [3.05, 3.63) is 87.0 Å². The minimum Gasteiger partial charge on any atom is -0.502 e. The SMILES string of the molecule is COc1cc(C2C3=CCC4C(=O)N(C(C)(C)C)C(=O)C4C3CC3C(=O)N(Nc4ncc(C(F)(F)F)cc4Cl)C(=O)C32c2ccc(Cl)cc2)cc(OC)c1O. The number of aromatic nitrogens is 1. The third kappa shape index (κ3) is 5.51. The first-order valence-corrected chi connectivity index (χ1v) is 17.8. The molecule has 0 bridgehead atoms. The molecule has 0 spiro atoms. The summed E-state index contributed by atoms with van der Waals surface area (Å²) in [6, 6.07) is 10.1. The summed E-state index contributed by atoms with van der Waals surface area (Å²) in [6.07, 6.45) is -2.25. The number of amides is 4. The number of ether oxygens (including phenoxy) is 2. The van der Waals surface area contributed by atoms with Crippen LogP contribution in [0.15, 0.2) is 60.3 Å². The Balaban J connectivity index is 1.48. The Labute approximate surface area is 318 Å². The summed E-state index contributed by atoms with van der Waals surface area (Å²) in [5.41, 5.74) is 0.215. The van der Waals surface area contributed by atoms with Gasteiger partial charge in [-0.1, -0.05) is 47.0 Å². The quantitative estimate of drug-likeness (QED) is 0.202. The molecule has 3 fully saturated rings. The molecule has 16 heteroatoms. The average molecular weight is 788 g/mol. The van der Waals surface area contributed by atoms with Crippen molar-refractivity contribution in [1.82, 2.24) is 14.9 Å². The summed E-state index contributed by atoms with van der Waals surface area (Å²) in [5, 5.41) is 11.5. The maximum absolute atomic E-state index is 15.4. The Morgan fingerprint density at radius 2 is 1.56 bits per heavy atom. The fourth-order valence-corrected chi connectivity index (χ4v) is 9.23. The highest BCUT2D eigenvalue weighted by Crippen LogP contribution is 2.65. The minimum absolute atomic E-state index is 0.00193. The van der Waals surface area contributed by atoms with Crippen LogP contribution in [-0.4, -0.2) is 63.4 Å². The first-order valence-electron chi connectivity index (χ1n) is 17.0. The predicted molar refractivity (Wildman–Crippen MR) is 190 cm³/mol. The molecule has 4 aliphatic rings. The number of fused-ring (bicyclic) bond motifs is 4. The van der Waals surface area contributed by atoms with Crippen LogP contribution in [0.1, 0.15) is 56.2 Å². The van der Waals surface area contributed by atoms with Crippen LogP contribution < -0.4 is 14.9 Å². The molecule has 1 aromatic heterocycles. The van der Waals surface area contributed by atoms with Crippen LogP contribution in [0.5, 0.6) is 17.2 Å². The number of carbonyl (C=O) groups excluding carboxylic acids is 4. The highest BCUT2D eigenvalue weighted by Gasteiger charge is 2.70. The third-order valence-corrected chi connectivity index (χ3v) is 11.6. The zero-order valence-corrected chi connectivity index (χ0v) is 31.1. The first kappa shape index (κ1) is 37.5. The number of carbonyl (C=O) groups is 4. The molecule has 4 amide bonds. The first-order chi connectivity index (χ1) is 25.4. The number of nitrogens with zero attached hydrogens (tertiary/aromatic N) is 3. The van der Waals surface area contributed by atoms with Crippen molar-refractivity contribution in [1.29, 1.82) is 0 Å². The van der Waals surface area contributed by atoms with Gasteiger partial charge in [-0.2, -0.15) is 18.2 Å². The highest BCUT2D eigenvalue weighted by molar-refractivity contribution is 6.33. The molecule has 11 nitrogen and oxygen atoms in total. The number of methoxy groups -OCH3 is 2. The summed E-state index contributed by atoms with van der Waals surface area (Å²) >= 11 is 12.6. The van der Waals surface area contributed by atoms with E-state index in [1.807, 2.05) is 6.08 Å². The number of hydrogen-bond acceptors (Lipinski definition) is 9. The van der Waals surface area contributed by atoms with E-state index in [1.165, 1.54) is 31.3 Å². The number of anilines is 1. The monoisotopic (exact) mass is 786 g/mol. The van der Waals surface area contributed by atoms with Crippen LogP contribution in [0, 0.1) is 23.7 Å². The lowest BCUT2D eigenvalue weighted by atomic mass is 9.49. The normalized spacial score (nSPS) is 26.7. The molecule has 2 saturated heterocycles. The van der Waals surface area contributed by atoms with Crippen LogP contribution in [0.25, 0.3) is 0 Å². The second kappa shape index (κ2) is 12.9. The number of allylic oxidation sites excluding steroid dienone is 2. The van der Waals surface area contributed by atoms with Crippen molar-refractivity contribution in [2.24, 2.45) is 23.7 Å². The number of benzene rings is 2. The Morgan fingerprint density at radius 3 is 2.11 bits per heavy atom. The number of alkyl halides is 3. The maximum atomic E-state index is 15.4. The van der Waals surface area contributed by atoms with Crippen molar-refractivity contribution in [2.75, 3.05) is 19.6 Å². The number of likely N-dealkylation sites (tertiary alicyclic amines) is 1. The summed E-state index contributed by atoms with van der Waals surface area (Å²) in [6.45, 7) is 5.30. The van der Waals surface area contributed by atoms with E-state index >= 15 is 4.79 Å². The lowest BCUT2D eigenvalue weighted by Gasteiger charge is -2.50. The summed E-state index contributed by atoms with van der Waals surface area (Å²) in [7, 11) is 2.68. The molecule has 7 rings (SSSR count). The molecule has 6 atom stereocenters.